The fourth-order valence-corrected chi connectivity index (χ4v) is 2.87. The third-order valence-corrected chi connectivity index (χ3v) is 4.02. The van der Waals surface area contributed by atoms with E-state index in [4.69, 9.17) is 0 Å². The monoisotopic (exact) mass is 217 g/mol. The first-order chi connectivity index (χ1) is 7.43. The number of fused-ring (bicyclic) bond motifs is 1. The Kier molecular flexibility index (Phi) is 2.47. The van der Waals surface area contributed by atoms with Gasteiger partial charge in [0.2, 0.25) is 0 Å². The fourth-order valence-electron chi connectivity index (χ4n) is 1.90. The van der Waals surface area contributed by atoms with Crippen molar-refractivity contribution in [3.05, 3.63) is 35.2 Å². The number of rotatable bonds is 4. The second kappa shape index (κ2) is 3.95. The lowest BCUT2D eigenvalue weighted by Crippen LogP contribution is -2.15. The van der Waals surface area contributed by atoms with Crippen LogP contribution in [0.15, 0.2) is 29.6 Å². The average molecular weight is 217 g/mol. The molecular weight excluding hydrogens is 202 g/mol. The molecule has 1 fully saturated rings. The zero-order valence-electron chi connectivity index (χ0n) is 8.70. The first kappa shape index (κ1) is 9.37. The van der Waals surface area contributed by atoms with Crippen molar-refractivity contribution in [3.63, 3.8) is 0 Å². The SMILES string of the molecule is c1ccc2c(CNCC3CC3)csc2c1. The molecular formula is C13H15NS. The Morgan fingerprint density at radius 3 is 3.00 bits per heavy atom. The molecule has 1 nitrogen and oxygen atoms in total. The predicted octanol–water partition coefficient (Wildman–Crippen LogP) is 3.40. The molecule has 2 aromatic rings. The molecule has 2 heteroatoms. The topological polar surface area (TPSA) is 12.0 Å². The van der Waals surface area contributed by atoms with E-state index in [-0.39, 0.29) is 0 Å². The van der Waals surface area contributed by atoms with Crippen LogP contribution in [-0.2, 0) is 6.54 Å². The molecule has 1 aromatic heterocycles. The van der Waals surface area contributed by atoms with Crippen molar-refractivity contribution < 1.29 is 0 Å². The van der Waals surface area contributed by atoms with E-state index in [0.29, 0.717) is 0 Å². The molecule has 78 valence electrons. The molecule has 15 heavy (non-hydrogen) atoms. The Labute approximate surface area is 94.1 Å². The molecule has 1 N–H and O–H groups in total. The van der Waals surface area contributed by atoms with Crippen LogP contribution >= 0.6 is 11.3 Å². The second-order valence-electron chi connectivity index (χ2n) is 4.33. The van der Waals surface area contributed by atoms with Gasteiger partial charge in [-0.3, -0.25) is 0 Å². The summed E-state index contributed by atoms with van der Waals surface area (Å²) in [5, 5.41) is 7.25. The molecule has 0 saturated heterocycles. The maximum absolute atomic E-state index is 3.55. The Balaban J connectivity index is 1.72. The van der Waals surface area contributed by atoms with Gasteiger partial charge in [0, 0.05) is 11.2 Å². The van der Waals surface area contributed by atoms with Gasteiger partial charge in [-0.25, -0.2) is 0 Å². The number of hydrogen-bond acceptors (Lipinski definition) is 2. The van der Waals surface area contributed by atoms with Crippen molar-refractivity contribution >= 4 is 21.4 Å². The molecule has 0 radical (unpaired) electrons. The molecule has 1 aromatic carbocycles. The average Bonchev–Trinajstić information content (AvgIpc) is 3.00. The lowest BCUT2D eigenvalue weighted by atomic mass is 10.2. The molecule has 1 saturated carbocycles. The summed E-state index contributed by atoms with van der Waals surface area (Å²) in [5.74, 6) is 0.967. The summed E-state index contributed by atoms with van der Waals surface area (Å²) in [6.45, 7) is 2.23. The molecule has 0 atom stereocenters. The minimum atomic E-state index is 0.967. The van der Waals surface area contributed by atoms with Gasteiger partial charge in [-0.05, 0) is 47.7 Å². The third kappa shape index (κ3) is 2.06. The summed E-state index contributed by atoms with van der Waals surface area (Å²) in [6.07, 6.45) is 2.86. The first-order valence-corrected chi connectivity index (χ1v) is 6.47. The van der Waals surface area contributed by atoms with Crippen LogP contribution in [0.3, 0.4) is 0 Å². The van der Waals surface area contributed by atoms with Gasteiger partial charge in [-0.2, -0.15) is 0 Å². The Bertz CT molecular complexity index is 456. The largest absolute Gasteiger partial charge is 0.312 e. The molecule has 1 aliphatic rings. The summed E-state index contributed by atoms with van der Waals surface area (Å²) < 4.78 is 1.40. The van der Waals surface area contributed by atoms with Crippen LogP contribution in [0, 0.1) is 5.92 Å². The molecule has 1 heterocycles. The van der Waals surface area contributed by atoms with E-state index in [2.05, 4.69) is 35.0 Å². The standard InChI is InChI=1S/C13H15NS/c1-2-4-13-12(3-1)11(9-15-13)8-14-7-10-5-6-10/h1-4,9-10,14H,5-8H2. The van der Waals surface area contributed by atoms with Crippen LogP contribution in [0.2, 0.25) is 0 Å². The van der Waals surface area contributed by atoms with Crippen LogP contribution in [0.5, 0.6) is 0 Å². The summed E-state index contributed by atoms with van der Waals surface area (Å²) in [6, 6.07) is 8.66. The minimum absolute atomic E-state index is 0.967. The minimum Gasteiger partial charge on any atom is -0.312 e. The first-order valence-electron chi connectivity index (χ1n) is 5.59. The van der Waals surface area contributed by atoms with Crippen molar-refractivity contribution in [3.8, 4) is 0 Å². The van der Waals surface area contributed by atoms with Gasteiger partial charge in [-0.15, -0.1) is 11.3 Å². The molecule has 0 spiro atoms. The third-order valence-electron chi connectivity index (χ3n) is 3.01. The summed E-state index contributed by atoms with van der Waals surface area (Å²) in [4.78, 5) is 0. The van der Waals surface area contributed by atoms with E-state index >= 15 is 0 Å². The van der Waals surface area contributed by atoms with Crippen LogP contribution in [0.25, 0.3) is 10.1 Å². The van der Waals surface area contributed by atoms with Crippen molar-refractivity contribution in [1.82, 2.24) is 5.32 Å². The maximum atomic E-state index is 3.55. The smallest absolute Gasteiger partial charge is 0.0346 e. The van der Waals surface area contributed by atoms with E-state index in [9.17, 15) is 0 Å². The highest BCUT2D eigenvalue weighted by Crippen LogP contribution is 2.28. The normalized spacial score (nSPS) is 16.0. The Morgan fingerprint density at radius 2 is 2.13 bits per heavy atom. The van der Waals surface area contributed by atoms with Gasteiger partial charge >= 0.3 is 0 Å². The molecule has 0 amide bonds. The van der Waals surface area contributed by atoms with Crippen LogP contribution in [0.1, 0.15) is 18.4 Å². The summed E-state index contributed by atoms with van der Waals surface area (Å²) in [5.41, 5.74) is 1.45. The van der Waals surface area contributed by atoms with E-state index in [1.165, 1.54) is 35.0 Å². The highest BCUT2D eigenvalue weighted by molar-refractivity contribution is 7.17. The second-order valence-corrected chi connectivity index (χ2v) is 5.24. The van der Waals surface area contributed by atoms with Crippen molar-refractivity contribution in [2.24, 2.45) is 5.92 Å². The van der Waals surface area contributed by atoms with E-state index < -0.39 is 0 Å². The lowest BCUT2D eigenvalue weighted by Gasteiger charge is -2.01. The molecule has 0 aliphatic heterocycles. The summed E-state index contributed by atoms with van der Waals surface area (Å²) >= 11 is 1.85. The zero-order chi connectivity index (χ0) is 10.1. The van der Waals surface area contributed by atoms with Gasteiger partial charge in [0.1, 0.15) is 0 Å². The van der Waals surface area contributed by atoms with Crippen LogP contribution < -0.4 is 5.32 Å². The number of benzene rings is 1. The van der Waals surface area contributed by atoms with Crippen LogP contribution in [0.4, 0.5) is 0 Å². The predicted molar refractivity (Wildman–Crippen MR) is 66.3 cm³/mol. The number of hydrogen-bond donors (Lipinski definition) is 1. The highest BCUT2D eigenvalue weighted by Gasteiger charge is 2.20. The van der Waals surface area contributed by atoms with Gasteiger partial charge in [0.05, 0.1) is 0 Å². The van der Waals surface area contributed by atoms with E-state index in [1.54, 1.807) is 0 Å². The van der Waals surface area contributed by atoms with Gasteiger partial charge in [0.25, 0.3) is 0 Å². The number of thiophene rings is 1. The lowest BCUT2D eigenvalue weighted by molar-refractivity contribution is 0.641. The quantitative estimate of drug-likeness (QED) is 0.827. The van der Waals surface area contributed by atoms with Crippen LogP contribution in [-0.4, -0.2) is 6.54 Å². The zero-order valence-corrected chi connectivity index (χ0v) is 9.52. The molecule has 0 bridgehead atoms. The van der Waals surface area contributed by atoms with Crippen molar-refractivity contribution in [2.75, 3.05) is 6.54 Å². The summed E-state index contributed by atoms with van der Waals surface area (Å²) in [7, 11) is 0. The van der Waals surface area contributed by atoms with E-state index in [0.717, 1.165) is 12.5 Å². The van der Waals surface area contributed by atoms with Gasteiger partial charge < -0.3 is 5.32 Å². The van der Waals surface area contributed by atoms with Gasteiger partial charge in [0.15, 0.2) is 0 Å². The molecule has 3 rings (SSSR count). The maximum Gasteiger partial charge on any atom is 0.0346 e. The van der Waals surface area contributed by atoms with Gasteiger partial charge in [-0.1, -0.05) is 18.2 Å². The molecule has 1 aliphatic carbocycles. The molecule has 0 unspecified atom stereocenters. The van der Waals surface area contributed by atoms with Crippen molar-refractivity contribution in [2.45, 2.75) is 19.4 Å². The highest BCUT2D eigenvalue weighted by atomic mass is 32.1. The Morgan fingerprint density at radius 1 is 1.27 bits per heavy atom. The van der Waals surface area contributed by atoms with Crippen molar-refractivity contribution in [1.29, 1.82) is 0 Å². The Hall–Kier alpha value is -0.860. The fraction of sp³-hybridized carbons (Fsp3) is 0.385. The van der Waals surface area contributed by atoms with E-state index in [1.807, 2.05) is 11.3 Å². The number of nitrogens with one attached hydrogen (secondary N) is 1.